The number of likely N-dealkylation sites (tertiary alicyclic amines) is 1. The quantitative estimate of drug-likeness (QED) is 0.857. The first kappa shape index (κ1) is 19.3. The van der Waals surface area contributed by atoms with E-state index in [1.54, 1.807) is 0 Å². The number of carbonyl (C=O) groups excluding carboxylic acids is 2. The van der Waals surface area contributed by atoms with E-state index in [2.05, 4.69) is 15.3 Å². The maximum absolute atomic E-state index is 12.0. The van der Waals surface area contributed by atoms with Crippen molar-refractivity contribution in [3.8, 4) is 0 Å². The molecule has 2 amide bonds. The van der Waals surface area contributed by atoms with E-state index in [4.69, 9.17) is 0 Å². The molecule has 1 aromatic rings. The second-order valence-corrected chi connectivity index (χ2v) is 6.79. The van der Waals surface area contributed by atoms with Crippen molar-refractivity contribution in [1.29, 1.82) is 0 Å². The summed E-state index contributed by atoms with van der Waals surface area (Å²) in [5, 5.41) is 2.90. The van der Waals surface area contributed by atoms with Crippen LogP contribution in [-0.4, -0.2) is 46.3 Å². The minimum absolute atomic E-state index is 0.0155. The molecule has 1 aliphatic rings. The largest absolute Gasteiger partial charge is 0.356 e. The topological polar surface area (TPSA) is 75.2 Å². The van der Waals surface area contributed by atoms with Crippen LogP contribution in [0.1, 0.15) is 68.2 Å². The normalized spacial score (nSPS) is 17.4. The number of rotatable bonds is 6. The third kappa shape index (κ3) is 5.00. The molecule has 1 fully saturated rings. The molecule has 2 rings (SSSR count). The molecule has 0 unspecified atom stereocenters. The van der Waals surface area contributed by atoms with Gasteiger partial charge in [0.15, 0.2) is 0 Å². The van der Waals surface area contributed by atoms with Gasteiger partial charge in [0.1, 0.15) is 5.82 Å². The molecule has 6 heteroatoms. The molecule has 6 nitrogen and oxygen atoms in total. The molecule has 0 spiro atoms. The Balaban J connectivity index is 2.13. The Labute approximate surface area is 150 Å². The van der Waals surface area contributed by atoms with E-state index in [0.29, 0.717) is 25.9 Å². The van der Waals surface area contributed by atoms with Gasteiger partial charge in [0.05, 0.1) is 6.42 Å². The SMILES string of the molecule is CCCNC(=O)Cc1c(C)nc([C@H]2CCCN(C(=O)CC)C2)nc1C. The zero-order valence-corrected chi connectivity index (χ0v) is 15.9. The lowest BCUT2D eigenvalue weighted by Crippen LogP contribution is -2.39. The van der Waals surface area contributed by atoms with Crippen molar-refractivity contribution in [2.24, 2.45) is 0 Å². The minimum Gasteiger partial charge on any atom is -0.356 e. The van der Waals surface area contributed by atoms with Gasteiger partial charge in [0.25, 0.3) is 0 Å². The smallest absolute Gasteiger partial charge is 0.224 e. The Kier molecular flexibility index (Phi) is 6.91. The van der Waals surface area contributed by atoms with Gasteiger partial charge < -0.3 is 10.2 Å². The molecule has 0 bridgehead atoms. The summed E-state index contributed by atoms with van der Waals surface area (Å²) in [6.45, 7) is 10.0. The second-order valence-electron chi connectivity index (χ2n) is 6.79. The van der Waals surface area contributed by atoms with E-state index in [1.807, 2.05) is 32.6 Å². The Morgan fingerprint density at radius 1 is 1.20 bits per heavy atom. The molecule has 1 N–H and O–H groups in total. The summed E-state index contributed by atoms with van der Waals surface area (Å²) in [4.78, 5) is 35.3. The fourth-order valence-electron chi connectivity index (χ4n) is 3.33. The Hall–Kier alpha value is -1.98. The molecular weight excluding hydrogens is 316 g/mol. The Morgan fingerprint density at radius 3 is 2.48 bits per heavy atom. The summed E-state index contributed by atoms with van der Waals surface area (Å²) in [5.74, 6) is 1.20. The predicted molar refractivity (Wildman–Crippen MR) is 97.4 cm³/mol. The molecule has 1 saturated heterocycles. The van der Waals surface area contributed by atoms with Crippen LogP contribution in [0.25, 0.3) is 0 Å². The number of nitrogens with zero attached hydrogens (tertiary/aromatic N) is 3. The summed E-state index contributed by atoms with van der Waals surface area (Å²) in [7, 11) is 0. The maximum Gasteiger partial charge on any atom is 0.224 e. The predicted octanol–water partition coefficient (Wildman–Crippen LogP) is 2.28. The van der Waals surface area contributed by atoms with Crippen molar-refractivity contribution in [1.82, 2.24) is 20.2 Å². The lowest BCUT2D eigenvalue weighted by atomic mass is 9.96. The van der Waals surface area contributed by atoms with Crippen LogP contribution >= 0.6 is 0 Å². The molecular formula is C19H30N4O2. The molecule has 2 heterocycles. The van der Waals surface area contributed by atoms with Crippen LogP contribution in [0.15, 0.2) is 0 Å². The highest BCUT2D eigenvalue weighted by Gasteiger charge is 2.26. The summed E-state index contributed by atoms with van der Waals surface area (Å²) in [6.07, 6.45) is 3.77. The Morgan fingerprint density at radius 2 is 1.88 bits per heavy atom. The standard InChI is InChI=1S/C19H30N4O2/c1-5-9-20-17(24)11-16-13(3)21-19(22-14(16)4)15-8-7-10-23(12-15)18(25)6-2/h15H,5-12H2,1-4H3,(H,20,24)/t15-/m0/s1. The van der Waals surface area contributed by atoms with E-state index in [1.165, 1.54) is 0 Å². The van der Waals surface area contributed by atoms with Crippen molar-refractivity contribution >= 4 is 11.8 Å². The number of amides is 2. The third-order valence-corrected chi connectivity index (χ3v) is 4.79. The molecule has 0 radical (unpaired) electrons. The first-order valence-electron chi connectivity index (χ1n) is 9.34. The van der Waals surface area contributed by atoms with Crippen LogP contribution in [0.4, 0.5) is 0 Å². The number of aryl methyl sites for hydroxylation is 2. The third-order valence-electron chi connectivity index (χ3n) is 4.79. The molecule has 1 aromatic heterocycles. The monoisotopic (exact) mass is 346 g/mol. The van der Waals surface area contributed by atoms with Gasteiger partial charge in [-0.05, 0) is 33.1 Å². The summed E-state index contributed by atoms with van der Waals surface area (Å²) in [6, 6.07) is 0. The van der Waals surface area contributed by atoms with Crippen LogP contribution in [0.5, 0.6) is 0 Å². The van der Waals surface area contributed by atoms with E-state index in [0.717, 1.165) is 48.6 Å². The van der Waals surface area contributed by atoms with Crippen molar-refractivity contribution in [2.45, 2.75) is 65.7 Å². The van der Waals surface area contributed by atoms with Gasteiger partial charge in [-0.25, -0.2) is 9.97 Å². The highest BCUT2D eigenvalue weighted by atomic mass is 16.2. The van der Waals surface area contributed by atoms with Gasteiger partial charge in [-0.2, -0.15) is 0 Å². The van der Waals surface area contributed by atoms with E-state index in [-0.39, 0.29) is 17.7 Å². The lowest BCUT2D eigenvalue weighted by Gasteiger charge is -2.32. The van der Waals surface area contributed by atoms with Crippen LogP contribution in [-0.2, 0) is 16.0 Å². The molecule has 1 aliphatic heterocycles. The van der Waals surface area contributed by atoms with Crippen LogP contribution in [0, 0.1) is 13.8 Å². The average Bonchev–Trinajstić information content (AvgIpc) is 2.62. The number of hydrogen-bond donors (Lipinski definition) is 1. The maximum atomic E-state index is 12.0. The molecule has 0 aliphatic carbocycles. The summed E-state index contributed by atoms with van der Waals surface area (Å²) >= 11 is 0. The number of hydrogen-bond acceptors (Lipinski definition) is 4. The van der Waals surface area contributed by atoms with Crippen molar-refractivity contribution in [3.63, 3.8) is 0 Å². The zero-order valence-electron chi connectivity index (χ0n) is 15.9. The van der Waals surface area contributed by atoms with E-state index < -0.39 is 0 Å². The van der Waals surface area contributed by atoms with Gasteiger partial charge in [-0.3, -0.25) is 9.59 Å². The number of carbonyl (C=O) groups is 2. The number of nitrogens with one attached hydrogen (secondary N) is 1. The molecule has 138 valence electrons. The van der Waals surface area contributed by atoms with Gasteiger partial charge in [-0.15, -0.1) is 0 Å². The number of aromatic nitrogens is 2. The van der Waals surface area contributed by atoms with Gasteiger partial charge >= 0.3 is 0 Å². The highest BCUT2D eigenvalue weighted by Crippen LogP contribution is 2.26. The highest BCUT2D eigenvalue weighted by molar-refractivity contribution is 5.79. The van der Waals surface area contributed by atoms with Gasteiger partial charge in [0, 0.05) is 48.9 Å². The average molecular weight is 346 g/mol. The van der Waals surface area contributed by atoms with E-state index >= 15 is 0 Å². The fraction of sp³-hybridized carbons (Fsp3) is 0.684. The van der Waals surface area contributed by atoms with Crippen molar-refractivity contribution < 1.29 is 9.59 Å². The minimum atomic E-state index is 0.0155. The van der Waals surface area contributed by atoms with Gasteiger partial charge in [-0.1, -0.05) is 13.8 Å². The Bertz CT molecular complexity index is 607. The molecule has 0 saturated carbocycles. The van der Waals surface area contributed by atoms with Gasteiger partial charge in [0.2, 0.25) is 11.8 Å². The molecule has 0 aromatic carbocycles. The van der Waals surface area contributed by atoms with Crippen molar-refractivity contribution in [3.05, 3.63) is 22.8 Å². The lowest BCUT2D eigenvalue weighted by molar-refractivity contribution is -0.132. The zero-order chi connectivity index (χ0) is 18.4. The molecule has 1 atom stereocenters. The van der Waals surface area contributed by atoms with E-state index in [9.17, 15) is 9.59 Å². The fourth-order valence-corrected chi connectivity index (χ4v) is 3.33. The number of piperidine rings is 1. The van der Waals surface area contributed by atoms with Crippen LogP contribution in [0.3, 0.4) is 0 Å². The summed E-state index contributed by atoms with van der Waals surface area (Å²) in [5.41, 5.74) is 2.65. The first-order valence-corrected chi connectivity index (χ1v) is 9.34. The van der Waals surface area contributed by atoms with Crippen LogP contribution < -0.4 is 5.32 Å². The van der Waals surface area contributed by atoms with Crippen LogP contribution in [0.2, 0.25) is 0 Å². The summed E-state index contributed by atoms with van der Waals surface area (Å²) < 4.78 is 0. The second kappa shape index (κ2) is 8.92. The first-order chi connectivity index (χ1) is 12.0. The molecule has 25 heavy (non-hydrogen) atoms. The van der Waals surface area contributed by atoms with Crippen molar-refractivity contribution in [2.75, 3.05) is 19.6 Å².